The van der Waals surface area contributed by atoms with E-state index in [0.29, 0.717) is 11.6 Å². The molecule has 0 bridgehead atoms. The van der Waals surface area contributed by atoms with Crippen molar-refractivity contribution < 1.29 is 17.9 Å². The van der Waals surface area contributed by atoms with Crippen LogP contribution in [0.1, 0.15) is 11.1 Å². The molecule has 0 amide bonds. The summed E-state index contributed by atoms with van der Waals surface area (Å²) in [6.45, 7) is 0.238. The fourth-order valence-electron chi connectivity index (χ4n) is 3.04. The Morgan fingerprint density at radius 2 is 1.43 bits per heavy atom. The average molecular weight is 380 g/mol. The Morgan fingerprint density at radius 3 is 2.14 bits per heavy atom. The number of halogens is 3. The van der Waals surface area contributed by atoms with Gasteiger partial charge in [0.25, 0.3) is 0 Å². The van der Waals surface area contributed by atoms with Crippen LogP contribution < -0.4 is 4.74 Å². The zero-order valence-corrected chi connectivity index (χ0v) is 14.6. The molecule has 0 atom stereocenters. The lowest BCUT2D eigenvalue weighted by Gasteiger charge is -2.12. The molecule has 0 unspecified atom stereocenters. The zero-order valence-electron chi connectivity index (χ0n) is 14.6. The number of ether oxygens (including phenoxy) is 1. The third-order valence-corrected chi connectivity index (χ3v) is 4.40. The van der Waals surface area contributed by atoms with Crippen molar-refractivity contribution in [2.24, 2.45) is 0 Å². The Morgan fingerprint density at radius 1 is 0.750 bits per heavy atom. The van der Waals surface area contributed by atoms with Gasteiger partial charge in [-0.3, -0.25) is 0 Å². The molecule has 0 spiro atoms. The number of fused-ring (bicyclic) bond motifs is 1. The molecule has 1 heterocycles. The van der Waals surface area contributed by atoms with Crippen LogP contribution in [0.5, 0.6) is 5.75 Å². The Labute approximate surface area is 159 Å². The van der Waals surface area contributed by atoms with Crippen molar-refractivity contribution >= 4 is 10.8 Å². The first-order chi connectivity index (χ1) is 13.5. The number of benzene rings is 3. The molecule has 6 heteroatoms. The Hall–Kier alpha value is -3.41. The van der Waals surface area contributed by atoms with Gasteiger partial charge >= 0.3 is 6.18 Å². The quantitative estimate of drug-likeness (QED) is 0.442. The minimum atomic E-state index is -4.36. The van der Waals surface area contributed by atoms with Crippen LogP contribution in [0, 0.1) is 0 Å². The van der Waals surface area contributed by atoms with E-state index in [4.69, 9.17) is 4.74 Å². The normalized spacial score (nSPS) is 11.5. The lowest BCUT2D eigenvalue weighted by atomic mass is 10.00. The number of nitrogens with zero attached hydrogens (tertiary/aromatic N) is 2. The summed E-state index contributed by atoms with van der Waals surface area (Å²) in [4.78, 5) is 8.63. The highest BCUT2D eigenvalue weighted by Gasteiger charge is 2.30. The number of alkyl halides is 3. The van der Waals surface area contributed by atoms with E-state index in [-0.39, 0.29) is 6.61 Å². The van der Waals surface area contributed by atoms with Crippen molar-refractivity contribution in [2.75, 3.05) is 0 Å². The van der Waals surface area contributed by atoms with Gasteiger partial charge in [0.15, 0.2) is 5.82 Å². The van der Waals surface area contributed by atoms with Gasteiger partial charge in [-0.1, -0.05) is 36.4 Å². The highest BCUT2D eigenvalue weighted by Crippen LogP contribution is 2.31. The zero-order chi connectivity index (χ0) is 19.6. The third kappa shape index (κ3) is 3.67. The maximum atomic E-state index is 12.7. The fraction of sp³-hybridized carbons (Fsp3) is 0.0909. The van der Waals surface area contributed by atoms with Crippen LogP contribution in [0.4, 0.5) is 13.2 Å². The van der Waals surface area contributed by atoms with Crippen molar-refractivity contribution in [1.82, 2.24) is 9.97 Å². The molecule has 0 saturated heterocycles. The van der Waals surface area contributed by atoms with Gasteiger partial charge in [-0.25, -0.2) is 9.97 Å². The first-order valence-electron chi connectivity index (χ1n) is 8.60. The summed E-state index contributed by atoms with van der Waals surface area (Å²) < 4.78 is 43.7. The van der Waals surface area contributed by atoms with Crippen molar-refractivity contribution in [2.45, 2.75) is 12.8 Å². The summed E-state index contributed by atoms with van der Waals surface area (Å²) in [6.07, 6.45) is -0.971. The van der Waals surface area contributed by atoms with E-state index in [9.17, 15) is 13.2 Å². The smallest absolute Gasteiger partial charge is 0.416 e. The fourth-order valence-corrected chi connectivity index (χ4v) is 3.04. The average Bonchev–Trinajstić information content (AvgIpc) is 2.72. The third-order valence-electron chi connectivity index (χ3n) is 4.40. The SMILES string of the molecule is FC(F)(F)c1ccc(OCc2cccc3c(-c4ncccn4)cccc23)cc1. The molecule has 4 rings (SSSR count). The van der Waals surface area contributed by atoms with Crippen molar-refractivity contribution in [1.29, 1.82) is 0 Å². The summed E-state index contributed by atoms with van der Waals surface area (Å²) in [5.74, 6) is 1.02. The van der Waals surface area contributed by atoms with E-state index in [2.05, 4.69) is 9.97 Å². The monoisotopic (exact) mass is 380 g/mol. The molecule has 28 heavy (non-hydrogen) atoms. The van der Waals surface area contributed by atoms with Gasteiger partial charge in [0.05, 0.1) is 5.56 Å². The molecule has 140 valence electrons. The lowest BCUT2D eigenvalue weighted by molar-refractivity contribution is -0.137. The van der Waals surface area contributed by atoms with E-state index in [0.717, 1.165) is 34.0 Å². The van der Waals surface area contributed by atoms with Crippen LogP contribution in [-0.2, 0) is 12.8 Å². The molecule has 0 aliphatic carbocycles. The second-order valence-electron chi connectivity index (χ2n) is 6.20. The summed E-state index contributed by atoms with van der Waals surface area (Å²) in [5, 5.41) is 1.97. The molecule has 0 radical (unpaired) electrons. The van der Waals surface area contributed by atoms with Crippen molar-refractivity contribution in [3.8, 4) is 17.1 Å². The summed E-state index contributed by atoms with van der Waals surface area (Å²) in [6, 6.07) is 18.2. The maximum absolute atomic E-state index is 12.7. The maximum Gasteiger partial charge on any atom is 0.416 e. The molecule has 3 aromatic carbocycles. The Balaban J connectivity index is 1.61. The molecular weight excluding hydrogens is 365 g/mol. The summed E-state index contributed by atoms with van der Waals surface area (Å²) >= 11 is 0. The van der Waals surface area contributed by atoms with Gasteiger partial charge in [-0.15, -0.1) is 0 Å². The summed E-state index contributed by atoms with van der Waals surface area (Å²) in [7, 11) is 0. The number of aromatic nitrogens is 2. The lowest BCUT2D eigenvalue weighted by Crippen LogP contribution is -2.04. The van der Waals surface area contributed by atoms with Crippen LogP contribution >= 0.6 is 0 Å². The molecule has 0 aliphatic rings. The van der Waals surface area contributed by atoms with Gasteiger partial charge in [0.2, 0.25) is 0 Å². The highest BCUT2D eigenvalue weighted by molar-refractivity contribution is 5.96. The second kappa shape index (κ2) is 7.31. The predicted octanol–water partition coefficient (Wildman–Crippen LogP) is 5.89. The van der Waals surface area contributed by atoms with E-state index in [1.807, 2.05) is 36.4 Å². The van der Waals surface area contributed by atoms with E-state index in [1.54, 1.807) is 18.5 Å². The number of rotatable bonds is 4. The van der Waals surface area contributed by atoms with E-state index in [1.165, 1.54) is 12.1 Å². The molecule has 0 aliphatic heterocycles. The van der Waals surface area contributed by atoms with Crippen LogP contribution in [-0.4, -0.2) is 9.97 Å². The Bertz CT molecular complexity index is 1090. The van der Waals surface area contributed by atoms with Crippen LogP contribution in [0.25, 0.3) is 22.2 Å². The van der Waals surface area contributed by atoms with Gasteiger partial charge < -0.3 is 4.74 Å². The number of hydrogen-bond donors (Lipinski definition) is 0. The molecule has 3 nitrogen and oxygen atoms in total. The van der Waals surface area contributed by atoms with Crippen LogP contribution in [0.2, 0.25) is 0 Å². The first-order valence-corrected chi connectivity index (χ1v) is 8.60. The topological polar surface area (TPSA) is 35.0 Å². The first kappa shape index (κ1) is 18.0. The van der Waals surface area contributed by atoms with Gasteiger partial charge in [-0.05, 0) is 46.7 Å². The number of hydrogen-bond acceptors (Lipinski definition) is 3. The standard InChI is InChI=1S/C22H15F3N2O/c23-22(24,25)16-8-10-17(11-9-16)28-14-15-4-1-6-19-18(15)5-2-7-20(19)21-26-12-3-13-27-21/h1-13H,14H2. The Kier molecular flexibility index (Phi) is 4.69. The largest absolute Gasteiger partial charge is 0.489 e. The summed E-state index contributed by atoms with van der Waals surface area (Å²) in [5.41, 5.74) is 1.14. The molecule has 0 N–H and O–H groups in total. The molecule has 0 saturated carbocycles. The molecule has 4 aromatic rings. The molecule has 1 aromatic heterocycles. The van der Waals surface area contributed by atoms with E-state index < -0.39 is 11.7 Å². The highest BCUT2D eigenvalue weighted by atomic mass is 19.4. The van der Waals surface area contributed by atoms with Gasteiger partial charge in [-0.2, -0.15) is 13.2 Å². The van der Waals surface area contributed by atoms with Crippen molar-refractivity contribution in [3.05, 3.63) is 90.3 Å². The van der Waals surface area contributed by atoms with E-state index >= 15 is 0 Å². The van der Waals surface area contributed by atoms with Gasteiger partial charge in [0.1, 0.15) is 12.4 Å². The van der Waals surface area contributed by atoms with Crippen molar-refractivity contribution in [3.63, 3.8) is 0 Å². The van der Waals surface area contributed by atoms with Gasteiger partial charge in [0, 0.05) is 18.0 Å². The minimum absolute atomic E-state index is 0.238. The predicted molar refractivity (Wildman–Crippen MR) is 101 cm³/mol. The molecular formula is C22H15F3N2O. The van der Waals surface area contributed by atoms with Crippen LogP contribution in [0.15, 0.2) is 79.1 Å². The molecule has 0 fully saturated rings. The second-order valence-corrected chi connectivity index (χ2v) is 6.20. The minimum Gasteiger partial charge on any atom is -0.489 e. The van der Waals surface area contributed by atoms with Crippen LogP contribution in [0.3, 0.4) is 0 Å².